The Labute approximate surface area is 179 Å². The van der Waals surface area contributed by atoms with Crippen LogP contribution in [0.5, 0.6) is 5.75 Å². The van der Waals surface area contributed by atoms with Crippen molar-refractivity contribution in [2.24, 2.45) is 0 Å². The van der Waals surface area contributed by atoms with Crippen molar-refractivity contribution < 1.29 is 18.7 Å². The minimum absolute atomic E-state index is 0.183. The van der Waals surface area contributed by atoms with Gasteiger partial charge < -0.3 is 15.0 Å². The fraction of sp³-hybridized carbons (Fsp3) is 0.364. The minimum Gasteiger partial charge on any atom is -0.484 e. The normalized spacial score (nSPS) is 11.6. The van der Waals surface area contributed by atoms with Crippen molar-refractivity contribution in [3.05, 3.63) is 63.9 Å². The molecule has 2 amide bonds. The zero-order valence-electron chi connectivity index (χ0n) is 16.9. The summed E-state index contributed by atoms with van der Waals surface area (Å²) in [5.74, 6) is -0.339. The van der Waals surface area contributed by atoms with E-state index < -0.39 is 6.04 Å². The average molecular weight is 465 g/mol. The molecule has 0 saturated carbocycles. The molecule has 0 saturated heterocycles. The second-order valence-electron chi connectivity index (χ2n) is 6.81. The smallest absolute Gasteiger partial charge is 0.261 e. The molecule has 156 valence electrons. The number of carbonyl (C=O) groups excluding carboxylic acids is 2. The van der Waals surface area contributed by atoms with Crippen LogP contribution in [-0.2, 0) is 16.1 Å². The number of amides is 2. The third-order valence-corrected chi connectivity index (χ3v) is 5.36. The number of hydrogen-bond donors (Lipinski definition) is 1. The van der Waals surface area contributed by atoms with Crippen molar-refractivity contribution in [3.8, 4) is 5.75 Å². The molecular formula is C22H26BrFN2O3. The Balaban J connectivity index is 2.13. The fourth-order valence-electron chi connectivity index (χ4n) is 2.70. The monoisotopic (exact) mass is 464 g/mol. The standard InChI is InChI=1S/C22H26BrFN2O3/c1-4-11-25-22(28)16(3)26(13-17-5-7-18(24)8-6-17)21(27)14-29-19-9-10-20(23)15(2)12-19/h5-10,12,16H,4,11,13-14H2,1-3H3,(H,25,28)/t16-/m1/s1. The molecule has 0 heterocycles. The summed E-state index contributed by atoms with van der Waals surface area (Å²) in [5.41, 5.74) is 1.72. The van der Waals surface area contributed by atoms with Gasteiger partial charge in [-0.3, -0.25) is 9.59 Å². The van der Waals surface area contributed by atoms with Crippen molar-refractivity contribution in [1.29, 1.82) is 0 Å². The van der Waals surface area contributed by atoms with Crippen molar-refractivity contribution in [1.82, 2.24) is 10.2 Å². The van der Waals surface area contributed by atoms with Crippen LogP contribution >= 0.6 is 15.9 Å². The summed E-state index contributed by atoms with van der Waals surface area (Å²) in [7, 11) is 0. The third kappa shape index (κ3) is 6.85. The Morgan fingerprint density at radius 2 is 1.90 bits per heavy atom. The summed E-state index contributed by atoms with van der Waals surface area (Å²) in [6.45, 7) is 6.09. The second-order valence-corrected chi connectivity index (χ2v) is 7.67. The SMILES string of the molecule is CCCNC(=O)[C@@H](C)N(Cc1ccc(F)cc1)C(=O)COc1ccc(Br)c(C)c1. The molecule has 0 radical (unpaired) electrons. The van der Waals surface area contributed by atoms with Gasteiger partial charge in [0.05, 0.1) is 0 Å². The molecule has 0 fully saturated rings. The topological polar surface area (TPSA) is 58.6 Å². The van der Waals surface area contributed by atoms with Gasteiger partial charge in [-0.1, -0.05) is 35.0 Å². The Kier molecular flexibility index (Phi) is 8.64. The maximum Gasteiger partial charge on any atom is 0.261 e. The number of aryl methyl sites for hydroxylation is 1. The molecule has 29 heavy (non-hydrogen) atoms. The summed E-state index contributed by atoms with van der Waals surface area (Å²) in [4.78, 5) is 26.8. The highest BCUT2D eigenvalue weighted by Crippen LogP contribution is 2.21. The summed E-state index contributed by atoms with van der Waals surface area (Å²) in [6, 6.07) is 10.6. The van der Waals surface area contributed by atoms with E-state index in [1.807, 2.05) is 26.0 Å². The molecule has 7 heteroatoms. The lowest BCUT2D eigenvalue weighted by atomic mass is 10.1. The van der Waals surface area contributed by atoms with Crippen molar-refractivity contribution in [3.63, 3.8) is 0 Å². The number of rotatable bonds is 9. The molecular weight excluding hydrogens is 439 g/mol. The van der Waals surface area contributed by atoms with E-state index >= 15 is 0 Å². The number of hydrogen-bond acceptors (Lipinski definition) is 3. The van der Waals surface area contributed by atoms with Crippen LogP contribution in [0, 0.1) is 12.7 Å². The van der Waals surface area contributed by atoms with Crippen molar-refractivity contribution in [2.45, 2.75) is 39.8 Å². The van der Waals surface area contributed by atoms with Gasteiger partial charge in [0, 0.05) is 17.6 Å². The molecule has 0 unspecified atom stereocenters. The van der Waals surface area contributed by atoms with Crippen LogP contribution in [0.1, 0.15) is 31.4 Å². The van der Waals surface area contributed by atoms with Gasteiger partial charge in [0.1, 0.15) is 17.6 Å². The highest BCUT2D eigenvalue weighted by Gasteiger charge is 2.26. The molecule has 0 aromatic heterocycles. The Morgan fingerprint density at radius 3 is 2.52 bits per heavy atom. The molecule has 0 bridgehead atoms. The van der Waals surface area contributed by atoms with E-state index in [4.69, 9.17) is 4.74 Å². The van der Waals surface area contributed by atoms with E-state index in [-0.39, 0.29) is 30.8 Å². The molecule has 2 rings (SSSR count). The van der Waals surface area contributed by atoms with E-state index in [1.165, 1.54) is 17.0 Å². The number of benzene rings is 2. The lowest BCUT2D eigenvalue weighted by Gasteiger charge is -2.28. The van der Waals surface area contributed by atoms with E-state index in [9.17, 15) is 14.0 Å². The first kappa shape index (κ1) is 22.9. The lowest BCUT2D eigenvalue weighted by Crippen LogP contribution is -2.49. The first-order valence-electron chi connectivity index (χ1n) is 9.52. The van der Waals surface area contributed by atoms with Gasteiger partial charge >= 0.3 is 0 Å². The molecule has 0 aliphatic carbocycles. The number of halogens is 2. The lowest BCUT2D eigenvalue weighted by molar-refractivity contribution is -0.142. The number of nitrogens with zero attached hydrogens (tertiary/aromatic N) is 1. The molecule has 5 nitrogen and oxygen atoms in total. The Morgan fingerprint density at radius 1 is 1.21 bits per heavy atom. The number of ether oxygens (including phenoxy) is 1. The van der Waals surface area contributed by atoms with Crippen LogP contribution < -0.4 is 10.1 Å². The minimum atomic E-state index is -0.686. The predicted octanol–water partition coefficient (Wildman–Crippen LogP) is 4.22. The van der Waals surface area contributed by atoms with Gasteiger partial charge in [-0.05, 0) is 61.7 Å². The highest BCUT2D eigenvalue weighted by molar-refractivity contribution is 9.10. The van der Waals surface area contributed by atoms with Gasteiger partial charge in [-0.2, -0.15) is 0 Å². The number of carbonyl (C=O) groups is 2. The second kappa shape index (κ2) is 11.0. The van der Waals surface area contributed by atoms with Crippen LogP contribution in [0.25, 0.3) is 0 Å². The van der Waals surface area contributed by atoms with Gasteiger partial charge in [0.15, 0.2) is 6.61 Å². The van der Waals surface area contributed by atoms with Crippen molar-refractivity contribution in [2.75, 3.05) is 13.2 Å². The molecule has 2 aromatic carbocycles. The fourth-order valence-corrected chi connectivity index (χ4v) is 2.95. The summed E-state index contributed by atoms with van der Waals surface area (Å²) >= 11 is 3.43. The Hall–Kier alpha value is -2.41. The van der Waals surface area contributed by atoms with Crippen LogP contribution in [0.2, 0.25) is 0 Å². The highest BCUT2D eigenvalue weighted by atomic mass is 79.9. The van der Waals surface area contributed by atoms with Gasteiger partial charge in [-0.25, -0.2) is 4.39 Å². The van der Waals surface area contributed by atoms with E-state index in [0.29, 0.717) is 12.3 Å². The van der Waals surface area contributed by atoms with Gasteiger partial charge in [0.25, 0.3) is 5.91 Å². The quantitative estimate of drug-likeness (QED) is 0.604. The van der Waals surface area contributed by atoms with Gasteiger partial charge in [0.2, 0.25) is 5.91 Å². The van der Waals surface area contributed by atoms with E-state index in [2.05, 4.69) is 21.2 Å². The maximum atomic E-state index is 13.2. The van der Waals surface area contributed by atoms with E-state index in [0.717, 1.165) is 22.0 Å². The maximum absolute atomic E-state index is 13.2. The largest absolute Gasteiger partial charge is 0.484 e. The van der Waals surface area contributed by atoms with Crippen LogP contribution in [-0.4, -0.2) is 35.9 Å². The Bertz CT molecular complexity index is 842. The summed E-state index contributed by atoms with van der Waals surface area (Å²) in [5, 5.41) is 2.81. The predicted molar refractivity (Wildman–Crippen MR) is 114 cm³/mol. The molecule has 0 aliphatic heterocycles. The first-order valence-corrected chi connectivity index (χ1v) is 10.3. The molecule has 2 aromatic rings. The molecule has 1 N–H and O–H groups in total. The molecule has 1 atom stereocenters. The summed E-state index contributed by atoms with van der Waals surface area (Å²) in [6.07, 6.45) is 0.802. The zero-order valence-corrected chi connectivity index (χ0v) is 18.5. The van der Waals surface area contributed by atoms with E-state index in [1.54, 1.807) is 25.1 Å². The molecule has 0 spiro atoms. The van der Waals surface area contributed by atoms with Crippen LogP contribution in [0.4, 0.5) is 4.39 Å². The average Bonchev–Trinajstić information content (AvgIpc) is 2.71. The van der Waals surface area contributed by atoms with Crippen LogP contribution in [0.3, 0.4) is 0 Å². The third-order valence-electron chi connectivity index (χ3n) is 4.47. The zero-order chi connectivity index (χ0) is 21.4. The van der Waals surface area contributed by atoms with Crippen LogP contribution in [0.15, 0.2) is 46.9 Å². The van der Waals surface area contributed by atoms with Gasteiger partial charge in [-0.15, -0.1) is 0 Å². The molecule has 0 aliphatic rings. The van der Waals surface area contributed by atoms with Crippen molar-refractivity contribution >= 4 is 27.7 Å². The number of nitrogens with one attached hydrogen (secondary N) is 1. The summed E-state index contributed by atoms with van der Waals surface area (Å²) < 4.78 is 19.8. The first-order chi connectivity index (χ1) is 13.8.